The van der Waals surface area contributed by atoms with Crippen molar-refractivity contribution >= 4 is 21.8 Å². The van der Waals surface area contributed by atoms with Crippen molar-refractivity contribution in [3.63, 3.8) is 0 Å². The van der Waals surface area contributed by atoms with Crippen LogP contribution >= 0.6 is 15.9 Å². The van der Waals surface area contributed by atoms with Gasteiger partial charge in [-0.2, -0.15) is 0 Å². The summed E-state index contributed by atoms with van der Waals surface area (Å²) in [5.74, 6) is 0.520. The Morgan fingerprint density at radius 1 is 1.04 bits per heavy atom. The van der Waals surface area contributed by atoms with Gasteiger partial charge in [-0.05, 0) is 24.6 Å². The second kappa shape index (κ2) is 9.33. The highest BCUT2D eigenvalue weighted by molar-refractivity contribution is 9.10. The quantitative estimate of drug-likeness (QED) is 0.768. The number of carbonyl (C=O) groups is 1. The van der Waals surface area contributed by atoms with E-state index in [-0.39, 0.29) is 5.92 Å². The second-order valence-corrected chi connectivity index (χ2v) is 8.08. The zero-order valence-electron chi connectivity index (χ0n) is 15.5. The molecular weight excluding hydrogens is 388 g/mol. The van der Waals surface area contributed by atoms with Crippen LogP contribution in [0.5, 0.6) is 0 Å². The first-order valence-corrected chi connectivity index (χ1v) is 10.4. The number of halogens is 1. The Kier molecular flexibility index (Phi) is 6.86. The molecule has 0 atom stereocenters. The fraction of sp³-hybridized carbons (Fsp3) is 0.409. The van der Waals surface area contributed by atoms with Gasteiger partial charge in [0.05, 0.1) is 13.1 Å². The molecule has 1 fully saturated rings. The van der Waals surface area contributed by atoms with Gasteiger partial charge >= 0.3 is 0 Å². The molecule has 3 nitrogen and oxygen atoms in total. The molecule has 0 saturated carbocycles. The smallest absolute Gasteiger partial charge is 0.226 e. The average molecular weight is 416 g/mol. The normalized spacial score (nSPS) is 19.9. The van der Waals surface area contributed by atoms with Crippen molar-refractivity contribution in [2.24, 2.45) is 5.92 Å². The van der Waals surface area contributed by atoms with Crippen molar-refractivity contribution in [3.05, 3.63) is 70.2 Å². The number of rotatable bonds is 6. The minimum atomic E-state index is 0.187. The molecule has 0 bridgehead atoms. The molecule has 0 aliphatic carbocycles. The van der Waals surface area contributed by atoms with Gasteiger partial charge in [0, 0.05) is 41.9 Å². The zero-order chi connectivity index (χ0) is 18.4. The molecule has 2 aromatic rings. The van der Waals surface area contributed by atoms with E-state index < -0.39 is 0 Å². The van der Waals surface area contributed by atoms with Gasteiger partial charge in [-0.25, -0.2) is 0 Å². The van der Waals surface area contributed by atoms with E-state index >= 15 is 0 Å². The van der Waals surface area contributed by atoms with Crippen molar-refractivity contribution in [3.8, 4) is 0 Å². The van der Waals surface area contributed by atoms with Gasteiger partial charge in [0.25, 0.3) is 0 Å². The van der Waals surface area contributed by atoms with E-state index in [4.69, 9.17) is 0 Å². The predicted molar refractivity (Wildman–Crippen MR) is 109 cm³/mol. The minimum Gasteiger partial charge on any atom is -0.338 e. The number of hydrogen-bond acceptors (Lipinski definition) is 1. The van der Waals surface area contributed by atoms with Crippen LogP contribution in [-0.4, -0.2) is 30.4 Å². The highest BCUT2D eigenvalue weighted by atomic mass is 79.9. The van der Waals surface area contributed by atoms with Crippen molar-refractivity contribution in [2.45, 2.75) is 32.9 Å². The summed E-state index contributed by atoms with van der Waals surface area (Å²) < 4.78 is 1.12. The maximum absolute atomic E-state index is 12.9. The largest absolute Gasteiger partial charge is 0.338 e. The molecule has 1 aliphatic rings. The third-order valence-electron chi connectivity index (χ3n) is 5.32. The summed E-state index contributed by atoms with van der Waals surface area (Å²) in [4.78, 5) is 16.5. The van der Waals surface area contributed by atoms with Crippen LogP contribution in [0.1, 0.15) is 30.9 Å². The molecule has 0 radical (unpaired) electrons. The Morgan fingerprint density at radius 3 is 2.31 bits per heavy atom. The minimum absolute atomic E-state index is 0.187. The lowest BCUT2D eigenvalue weighted by Gasteiger charge is -2.32. The predicted octanol–water partition coefficient (Wildman–Crippen LogP) is 3.29. The molecule has 0 aromatic heterocycles. The van der Waals surface area contributed by atoms with Gasteiger partial charge in [0.15, 0.2) is 0 Å². The SMILES string of the molecule is CCN(Cc1ccccc1)C(=O)C1CC[NH+](Cc2ccc(Br)cc2)CC1. The third kappa shape index (κ3) is 5.18. The molecule has 1 aliphatic heterocycles. The summed E-state index contributed by atoms with van der Waals surface area (Å²) >= 11 is 3.49. The number of likely N-dealkylation sites (tertiary alicyclic amines) is 1. The summed E-state index contributed by atoms with van der Waals surface area (Å²) in [6.07, 6.45) is 1.99. The molecule has 0 spiro atoms. The van der Waals surface area contributed by atoms with Crippen molar-refractivity contribution in [1.29, 1.82) is 0 Å². The van der Waals surface area contributed by atoms with Crippen molar-refractivity contribution in [1.82, 2.24) is 4.90 Å². The fourth-order valence-electron chi connectivity index (χ4n) is 3.75. The monoisotopic (exact) mass is 415 g/mol. The third-order valence-corrected chi connectivity index (χ3v) is 5.85. The van der Waals surface area contributed by atoms with E-state index in [9.17, 15) is 4.79 Å². The first-order chi connectivity index (χ1) is 12.7. The van der Waals surface area contributed by atoms with E-state index in [0.29, 0.717) is 5.91 Å². The first-order valence-electron chi connectivity index (χ1n) is 9.56. The number of amides is 1. The van der Waals surface area contributed by atoms with Crippen LogP contribution in [0, 0.1) is 5.92 Å². The van der Waals surface area contributed by atoms with E-state index in [1.54, 1.807) is 4.90 Å². The number of carbonyl (C=O) groups excluding carboxylic acids is 1. The number of hydrogen-bond donors (Lipinski definition) is 1. The van der Waals surface area contributed by atoms with Gasteiger partial charge < -0.3 is 9.80 Å². The van der Waals surface area contributed by atoms with E-state index in [2.05, 4.69) is 59.3 Å². The summed E-state index contributed by atoms with van der Waals surface area (Å²) in [5.41, 5.74) is 2.58. The molecule has 1 saturated heterocycles. The number of nitrogens with zero attached hydrogens (tertiary/aromatic N) is 1. The Hall–Kier alpha value is -1.65. The lowest BCUT2D eigenvalue weighted by Crippen LogP contribution is -3.11. The Labute approximate surface area is 165 Å². The van der Waals surface area contributed by atoms with Crippen LogP contribution in [0.4, 0.5) is 0 Å². The molecule has 1 heterocycles. The second-order valence-electron chi connectivity index (χ2n) is 7.17. The number of quaternary nitrogens is 1. The Bertz CT molecular complexity index is 694. The van der Waals surface area contributed by atoms with Crippen LogP contribution in [-0.2, 0) is 17.9 Å². The Balaban J connectivity index is 1.51. The van der Waals surface area contributed by atoms with Gasteiger partial charge in [0.2, 0.25) is 5.91 Å². The number of benzene rings is 2. The molecule has 1 N–H and O–H groups in total. The maximum atomic E-state index is 12.9. The summed E-state index contributed by atoms with van der Waals surface area (Å²) in [6, 6.07) is 18.9. The summed E-state index contributed by atoms with van der Waals surface area (Å²) in [5, 5.41) is 0. The standard InChI is InChI=1S/C22H27BrN2O/c1-2-25(17-18-6-4-3-5-7-18)22(26)20-12-14-24(15-13-20)16-19-8-10-21(23)11-9-19/h3-11,20H,2,12-17H2,1H3/p+1. The molecule has 26 heavy (non-hydrogen) atoms. The molecule has 2 aromatic carbocycles. The van der Waals surface area contributed by atoms with E-state index in [1.807, 2.05) is 23.1 Å². The van der Waals surface area contributed by atoms with E-state index in [0.717, 1.165) is 50.0 Å². The van der Waals surface area contributed by atoms with Crippen LogP contribution in [0.25, 0.3) is 0 Å². The zero-order valence-corrected chi connectivity index (χ0v) is 17.0. The molecule has 1 amide bonds. The molecular formula is C22H28BrN2O+. The fourth-order valence-corrected chi connectivity index (χ4v) is 4.01. The van der Waals surface area contributed by atoms with Crippen molar-refractivity contribution < 1.29 is 9.69 Å². The number of nitrogens with one attached hydrogen (secondary N) is 1. The lowest BCUT2D eigenvalue weighted by molar-refractivity contribution is -0.919. The topological polar surface area (TPSA) is 24.8 Å². The average Bonchev–Trinajstić information content (AvgIpc) is 2.69. The summed E-state index contributed by atoms with van der Waals surface area (Å²) in [7, 11) is 0. The van der Waals surface area contributed by atoms with Crippen LogP contribution in [0.2, 0.25) is 0 Å². The van der Waals surface area contributed by atoms with Gasteiger partial charge in [-0.15, -0.1) is 0 Å². The van der Waals surface area contributed by atoms with Crippen molar-refractivity contribution in [2.75, 3.05) is 19.6 Å². The molecule has 0 unspecified atom stereocenters. The first kappa shape index (κ1) is 19.1. The number of piperidine rings is 1. The maximum Gasteiger partial charge on any atom is 0.226 e. The van der Waals surface area contributed by atoms with E-state index in [1.165, 1.54) is 11.1 Å². The molecule has 4 heteroatoms. The highest BCUT2D eigenvalue weighted by Gasteiger charge is 2.30. The van der Waals surface area contributed by atoms with Crippen LogP contribution in [0.3, 0.4) is 0 Å². The van der Waals surface area contributed by atoms with Crippen LogP contribution in [0.15, 0.2) is 59.1 Å². The summed E-state index contributed by atoms with van der Waals surface area (Å²) in [6.45, 7) is 6.79. The van der Waals surface area contributed by atoms with Gasteiger partial charge in [0.1, 0.15) is 6.54 Å². The molecule has 3 rings (SSSR count). The molecule has 138 valence electrons. The highest BCUT2D eigenvalue weighted by Crippen LogP contribution is 2.16. The van der Waals surface area contributed by atoms with Gasteiger partial charge in [-0.3, -0.25) is 4.79 Å². The van der Waals surface area contributed by atoms with Gasteiger partial charge in [-0.1, -0.05) is 58.4 Å². The Morgan fingerprint density at radius 2 is 1.69 bits per heavy atom. The van der Waals surface area contributed by atoms with Crippen LogP contribution < -0.4 is 4.90 Å². The lowest BCUT2D eigenvalue weighted by atomic mass is 9.94.